The number of phenols is 1. The molecule has 2 aromatic carbocycles. The molecule has 0 saturated heterocycles. The van der Waals surface area contributed by atoms with Crippen molar-refractivity contribution in [3.63, 3.8) is 0 Å². The molecule has 4 fully saturated rings. The largest absolute Gasteiger partial charge is 0.504 e. The van der Waals surface area contributed by atoms with Crippen LogP contribution >= 0.6 is 0 Å². The van der Waals surface area contributed by atoms with Crippen molar-refractivity contribution in [2.24, 2.45) is 34.5 Å². The van der Waals surface area contributed by atoms with Crippen molar-refractivity contribution in [3.05, 3.63) is 46.5 Å². The van der Waals surface area contributed by atoms with E-state index >= 15 is 0 Å². The van der Waals surface area contributed by atoms with Crippen LogP contribution in [-0.2, 0) is 22.3 Å². The monoisotopic (exact) mass is 646 g/mol. The lowest BCUT2D eigenvalue weighted by molar-refractivity contribution is 0.0481. The van der Waals surface area contributed by atoms with E-state index in [2.05, 4.69) is 26.0 Å². The smallest absolute Gasteiger partial charge is 0.188 e. The van der Waals surface area contributed by atoms with Crippen molar-refractivity contribution < 1.29 is 28.8 Å². The molecule has 47 heavy (non-hydrogen) atoms. The molecular weight excluding hydrogens is 588 g/mol. The van der Waals surface area contributed by atoms with Gasteiger partial charge in [0.1, 0.15) is 0 Å². The first-order valence-corrected chi connectivity index (χ1v) is 18.6. The molecule has 0 radical (unpaired) electrons. The van der Waals surface area contributed by atoms with Gasteiger partial charge in [0.05, 0.1) is 7.11 Å². The molecule has 6 unspecified atom stereocenters. The van der Waals surface area contributed by atoms with Crippen LogP contribution in [0.25, 0.3) is 0 Å². The molecule has 0 bridgehead atoms. The molecule has 0 amide bonds. The lowest BCUT2D eigenvalue weighted by Crippen LogP contribution is -2.39. The molecule has 0 spiro atoms. The van der Waals surface area contributed by atoms with Gasteiger partial charge < -0.3 is 28.8 Å². The molecule has 258 valence electrons. The number of phenolic OH excluding ortho intramolecular Hbond substituents is 1. The summed E-state index contributed by atoms with van der Waals surface area (Å²) >= 11 is 0. The second-order valence-electron chi connectivity index (χ2n) is 16.3. The molecule has 8 rings (SSSR count). The molecular formula is C41H58O6. The number of methoxy groups -OCH3 is 3. The molecule has 4 saturated carbocycles. The van der Waals surface area contributed by atoms with E-state index in [1.807, 2.05) is 12.1 Å². The highest BCUT2D eigenvalue weighted by molar-refractivity contribution is 5.51. The minimum absolute atomic E-state index is 0.179. The van der Waals surface area contributed by atoms with E-state index < -0.39 is 0 Å². The Morgan fingerprint density at radius 3 is 1.66 bits per heavy atom. The molecule has 6 nitrogen and oxygen atoms in total. The third kappa shape index (κ3) is 6.05. The zero-order valence-electron chi connectivity index (χ0n) is 29.6. The Morgan fingerprint density at radius 1 is 0.617 bits per heavy atom. The highest BCUT2D eigenvalue weighted by Crippen LogP contribution is 2.62. The first-order chi connectivity index (χ1) is 22.8. The average molecular weight is 647 g/mol. The van der Waals surface area contributed by atoms with Gasteiger partial charge >= 0.3 is 0 Å². The third-order valence-electron chi connectivity index (χ3n) is 14.0. The second-order valence-corrected chi connectivity index (χ2v) is 16.3. The average Bonchev–Trinajstić information content (AvgIpc) is 3.68. The highest BCUT2D eigenvalue weighted by atomic mass is 16.7. The number of fused-ring (bicyclic) bond motifs is 10. The summed E-state index contributed by atoms with van der Waals surface area (Å²) in [6.45, 7) is 5.52. The number of hydrogen-bond donors (Lipinski definition) is 1. The maximum absolute atomic E-state index is 10.3. The normalized spacial score (nSPS) is 34.7. The maximum Gasteiger partial charge on any atom is 0.188 e. The summed E-state index contributed by atoms with van der Waals surface area (Å²) in [6, 6.07) is 8.48. The van der Waals surface area contributed by atoms with Gasteiger partial charge in [-0.15, -0.1) is 0 Å². The van der Waals surface area contributed by atoms with Gasteiger partial charge in [0.2, 0.25) is 0 Å². The van der Waals surface area contributed by atoms with Crippen molar-refractivity contribution >= 4 is 0 Å². The number of aryl methyl sites for hydroxylation is 2. The Hall–Kier alpha value is -2.44. The van der Waals surface area contributed by atoms with E-state index in [-0.39, 0.29) is 19.3 Å². The van der Waals surface area contributed by atoms with Crippen LogP contribution in [0, 0.1) is 34.5 Å². The molecule has 8 atom stereocenters. The van der Waals surface area contributed by atoms with E-state index in [0.717, 1.165) is 47.5 Å². The Morgan fingerprint density at radius 2 is 1.13 bits per heavy atom. The van der Waals surface area contributed by atoms with Crippen molar-refractivity contribution in [1.82, 2.24) is 0 Å². The van der Waals surface area contributed by atoms with E-state index in [9.17, 15) is 5.11 Å². The fourth-order valence-corrected chi connectivity index (χ4v) is 11.8. The summed E-state index contributed by atoms with van der Waals surface area (Å²) in [5.74, 6) is 7.35. The number of benzene rings is 2. The fraction of sp³-hybridized carbons (Fsp3) is 0.707. The molecule has 6 aliphatic rings. The van der Waals surface area contributed by atoms with Crippen LogP contribution in [0.15, 0.2) is 24.3 Å². The molecule has 1 N–H and O–H groups in total. The third-order valence-corrected chi connectivity index (χ3v) is 14.0. The summed E-state index contributed by atoms with van der Waals surface area (Å²) in [4.78, 5) is 0. The van der Waals surface area contributed by atoms with Crippen LogP contribution in [0.3, 0.4) is 0 Å². The van der Waals surface area contributed by atoms with Gasteiger partial charge in [0.15, 0.2) is 36.6 Å². The van der Waals surface area contributed by atoms with Gasteiger partial charge in [-0.1, -0.05) is 26.7 Å². The lowest BCUT2D eigenvalue weighted by atomic mass is 9.56. The first kappa shape index (κ1) is 33.1. The Balaban J connectivity index is 0.000000150. The molecule has 0 heterocycles. The van der Waals surface area contributed by atoms with Crippen molar-refractivity contribution in [3.8, 4) is 23.0 Å². The number of aromatic hydroxyl groups is 1. The summed E-state index contributed by atoms with van der Waals surface area (Å²) in [5.41, 5.74) is 6.95. The van der Waals surface area contributed by atoms with Crippen LogP contribution in [0.1, 0.15) is 125 Å². The molecule has 0 aliphatic heterocycles. The van der Waals surface area contributed by atoms with Crippen LogP contribution in [0.4, 0.5) is 0 Å². The summed E-state index contributed by atoms with van der Waals surface area (Å²) < 4.78 is 26.8. The standard InChI is InChI=1S/C21H30O3.C20H28O3/c1-21-9-4-5-18(21)16-7-6-14-11-20(24-13-22-2)19(23-3)12-17(14)15(16)8-10-21;1-20-8-3-4-17(20)15-6-5-13-10-19(23-12-22-2)18(21)11-16(13)14(15)7-9-20/h11-12,15-16,18H,4-10,13H2,1-3H3;10-11,14-15,17,21H,3-9,12H2,1-2H3/t15?,16?,18?,21-;14?,15?,17?,20-/m00/s1. The van der Waals surface area contributed by atoms with E-state index in [4.69, 9.17) is 23.7 Å². The predicted molar refractivity (Wildman–Crippen MR) is 185 cm³/mol. The van der Waals surface area contributed by atoms with Crippen LogP contribution in [0.5, 0.6) is 23.0 Å². The van der Waals surface area contributed by atoms with Gasteiger partial charge in [-0.25, -0.2) is 0 Å². The molecule has 6 heteroatoms. The topological polar surface area (TPSA) is 66.4 Å². The summed E-state index contributed by atoms with van der Waals surface area (Å²) in [7, 11) is 4.98. The SMILES string of the molecule is COCOc1cc2c(cc1O)C1CC[C@]3(C)CCCC3C1CC2.COCOc1cc2c(cc1OC)C1CC[C@]3(C)CCCC3C1CC2. The van der Waals surface area contributed by atoms with Gasteiger partial charge in [-0.2, -0.15) is 0 Å². The van der Waals surface area contributed by atoms with E-state index in [0.29, 0.717) is 22.5 Å². The highest BCUT2D eigenvalue weighted by Gasteiger charge is 2.51. The van der Waals surface area contributed by atoms with E-state index in [1.54, 1.807) is 21.3 Å². The van der Waals surface area contributed by atoms with Gasteiger partial charge in [0.25, 0.3) is 0 Å². The minimum Gasteiger partial charge on any atom is -0.504 e. The van der Waals surface area contributed by atoms with Gasteiger partial charge in [0, 0.05) is 14.2 Å². The van der Waals surface area contributed by atoms with Crippen molar-refractivity contribution in [2.75, 3.05) is 34.9 Å². The first-order valence-electron chi connectivity index (χ1n) is 18.6. The molecule has 2 aromatic rings. The van der Waals surface area contributed by atoms with Crippen molar-refractivity contribution in [2.45, 2.75) is 116 Å². The Bertz CT molecular complexity index is 1420. The minimum atomic E-state index is 0.179. The number of ether oxygens (including phenoxy) is 5. The lowest BCUT2D eigenvalue weighted by Gasteiger charge is -2.49. The number of hydrogen-bond acceptors (Lipinski definition) is 6. The quantitative estimate of drug-likeness (QED) is 0.302. The van der Waals surface area contributed by atoms with E-state index in [1.165, 1.54) is 106 Å². The fourth-order valence-electron chi connectivity index (χ4n) is 11.8. The molecule has 0 aromatic heterocycles. The van der Waals surface area contributed by atoms with Crippen LogP contribution in [0.2, 0.25) is 0 Å². The predicted octanol–water partition coefficient (Wildman–Crippen LogP) is 9.55. The Kier molecular flexibility index (Phi) is 9.47. The second kappa shape index (κ2) is 13.5. The molecule has 6 aliphatic carbocycles. The zero-order valence-corrected chi connectivity index (χ0v) is 29.6. The maximum atomic E-state index is 10.3. The number of rotatable bonds is 7. The van der Waals surface area contributed by atoms with Crippen LogP contribution in [-0.4, -0.2) is 40.0 Å². The van der Waals surface area contributed by atoms with Crippen molar-refractivity contribution in [1.29, 1.82) is 0 Å². The van der Waals surface area contributed by atoms with Gasteiger partial charge in [-0.05, 0) is 170 Å². The Labute approximate surface area is 282 Å². The zero-order chi connectivity index (χ0) is 32.8. The van der Waals surface area contributed by atoms with Gasteiger partial charge in [-0.3, -0.25) is 0 Å². The summed E-state index contributed by atoms with van der Waals surface area (Å²) in [6.07, 6.45) is 18.9. The summed E-state index contributed by atoms with van der Waals surface area (Å²) in [5, 5.41) is 10.3. The van der Waals surface area contributed by atoms with Crippen LogP contribution < -0.4 is 14.2 Å².